The van der Waals surface area contributed by atoms with E-state index in [-0.39, 0.29) is 12.3 Å². The third kappa shape index (κ3) is 3.04. The van der Waals surface area contributed by atoms with E-state index >= 15 is 0 Å². The Morgan fingerprint density at radius 2 is 2.00 bits per heavy atom. The van der Waals surface area contributed by atoms with Gasteiger partial charge in [0.05, 0.1) is 6.54 Å². The summed E-state index contributed by atoms with van der Waals surface area (Å²) in [5.74, 6) is -0.0602. The van der Waals surface area contributed by atoms with Gasteiger partial charge in [-0.1, -0.05) is 30.3 Å². The standard InChI is InChI=1S/C9H10N2O2/c12-7-11-10-6-9(13)8-4-2-1-3-5-8/h1-5,7,10H,6H2,(H,11,12). The highest BCUT2D eigenvalue weighted by Crippen LogP contribution is 1.98. The number of hydrogen-bond acceptors (Lipinski definition) is 3. The van der Waals surface area contributed by atoms with Gasteiger partial charge in [-0.2, -0.15) is 0 Å². The average Bonchev–Trinajstić information content (AvgIpc) is 2.19. The lowest BCUT2D eigenvalue weighted by Crippen LogP contribution is -2.34. The van der Waals surface area contributed by atoms with Crippen LogP contribution in [0, 0.1) is 0 Å². The first-order chi connectivity index (χ1) is 6.34. The predicted octanol–water partition coefficient (Wildman–Crippen LogP) is 0.120. The number of benzene rings is 1. The van der Waals surface area contributed by atoms with Crippen LogP contribution in [0.3, 0.4) is 0 Å². The first-order valence-corrected chi connectivity index (χ1v) is 3.85. The molecule has 2 N–H and O–H groups in total. The number of Topliss-reactive ketones (excluding diaryl/α,β-unsaturated/α-hetero) is 1. The number of rotatable bonds is 5. The summed E-state index contributed by atoms with van der Waals surface area (Å²) in [5, 5.41) is 0. The maximum Gasteiger partial charge on any atom is 0.221 e. The van der Waals surface area contributed by atoms with Crippen LogP contribution in [0.2, 0.25) is 0 Å². The van der Waals surface area contributed by atoms with Crippen molar-refractivity contribution in [3.05, 3.63) is 35.9 Å². The molecule has 0 bridgehead atoms. The molecule has 0 radical (unpaired) electrons. The Hall–Kier alpha value is -1.68. The summed E-state index contributed by atoms with van der Waals surface area (Å²) in [5.41, 5.74) is 5.29. The van der Waals surface area contributed by atoms with Crippen LogP contribution < -0.4 is 10.9 Å². The second-order valence-corrected chi connectivity index (χ2v) is 2.40. The fourth-order valence-corrected chi connectivity index (χ4v) is 0.899. The minimum atomic E-state index is -0.0602. The minimum Gasteiger partial charge on any atom is -0.294 e. The normalized spacial score (nSPS) is 9.23. The van der Waals surface area contributed by atoms with E-state index < -0.39 is 0 Å². The number of nitrogens with one attached hydrogen (secondary N) is 2. The summed E-state index contributed by atoms with van der Waals surface area (Å²) in [6.45, 7) is 0.1000. The van der Waals surface area contributed by atoms with Crippen LogP contribution >= 0.6 is 0 Å². The van der Waals surface area contributed by atoms with Gasteiger partial charge in [0.1, 0.15) is 0 Å². The fourth-order valence-electron chi connectivity index (χ4n) is 0.899. The molecule has 1 aromatic rings. The molecule has 0 aliphatic heterocycles. The average molecular weight is 178 g/mol. The molecule has 13 heavy (non-hydrogen) atoms. The topological polar surface area (TPSA) is 58.2 Å². The van der Waals surface area contributed by atoms with Crippen molar-refractivity contribution in [3.8, 4) is 0 Å². The van der Waals surface area contributed by atoms with Crippen molar-refractivity contribution in [2.24, 2.45) is 0 Å². The molecule has 0 saturated heterocycles. The Morgan fingerprint density at radius 1 is 1.31 bits per heavy atom. The highest BCUT2D eigenvalue weighted by atomic mass is 16.1. The van der Waals surface area contributed by atoms with Gasteiger partial charge >= 0.3 is 0 Å². The number of amides is 1. The third-order valence-corrected chi connectivity index (χ3v) is 1.51. The lowest BCUT2D eigenvalue weighted by molar-refractivity contribution is -0.110. The summed E-state index contributed by atoms with van der Waals surface area (Å²) in [6, 6.07) is 8.88. The van der Waals surface area contributed by atoms with Gasteiger partial charge in [0, 0.05) is 5.56 Å². The molecule has 0 fully saturated rings. The van der Waals surface area contributed by atoms with Crippen LogP contribution in [0.4, 0.5) is 0 Å². The van der Waals surface area contributed by atoms with E-state index in [1.54, 1.807) is 24.3 Å². The molecule has 0 aromatic heterocycles. The van der Waals surface area contributed by atoms with E-state index in [4.69, 9.17) is 0 Å². The smallest absolute Gasteiger partial charge is 0.221 e. The Balaban J connectivity index is 2.45. The molecule has 0 unspecified atom stereocenters. The monoisotopic (exact) mass is 178 g/mol. The zero-order chi connectivity index (χ0) is 9.52. The molecule has 0 saturated carbocycles. The Morgan fingerprint density at radius 3 is 2.62 bits per heavy atom. The second kappa shape index (κ2) is 5.05. The third-order valence-electron chi connectivity index (χ3n) is 1.51. The van der Waals surface area contributed by atoms with Gasteiger partial charge < -0.3 is 0 Å². The van der Waals surface area contributed by atoms with Gasteiger partial charge in [0.25, 0.3) is 0 Å². The van der Waals surface area contributed by atoms with Crippen LogP contribution in [-0.2, 0) is 4.79 Å². The maximum absolute atomic E-state index is 11.3. The van der Waals surface area contributed by atoms with Crippen molar-refractivity contribution in [3.63, 3.8) is 0 Å². The Bertz CT molecular complexity index is 285. The lowest BCUT2D eigenvalue weighted by Gasteiger charge is -2.01. The fraction of sp³-hybridized carbons (Fsp3) is 0.111. The second-order valence-electron chi connectivity index (χ2n) is 2.40. The number of carbonyl (C=O) groups excluding carboxylic acids is 2. The highest BCUT2D eigenvalue weighted by Gasteiger charge is 2.02. The summed E-state index contributed by atoms with van der Waals surface area (Å²) in [4.78, 5) is 21.1. The first kappa shape index (κ1) is 9.41. The van der Waals surface area contributed by atoms with Gasteiger partial charge in [-0.15, -0.1) is 0 Å². The summed E-state index contributed by atoms with van der Waals surface area (Å²) >= 11 is 0. The molecule has 0 heterocycles. The highest BCUT2D eigenvalue weighted by molar-refractivity contribution is 5.97. The quantitative estimate of drug-likeness (QED) is 0.291. The van der Waals surface area contributed by atoms with E-state index in [1.165, 1.54) is 0 Å². The van der Waals surface area contributed by atoms with Gasteiger partial charge in [0.2, 0.25) is 6.41 Å². The van der Waals surface area contributed by atoms with Crippen molar-refractivity contribution in [2.75, 3.05) is 6.54 Å². The molecule has 0 aliphatic carbocycles. The van der Waals surface area contributed by atoms with Crippen molar-refractivity contribution >= 4 is 12.2 Å². The molecular weight excluding hydrogens is 168 g/mol. The van der Waals surface area contributed by atoms with Gasteiger partial charge in [-0.3, -0.25) is 15.0 Å². The van der Waals surface area contributed by atoms with E-state index in [2.05, 4.69) is 10.9 Å². The van der Waals surface area contributed by atoms with Crippen LogP contribution in [-0.4, -0.2) is 18.7 Å². The van der Waals surface area contributed by atoms with E-state index in [1.807, 2.05) is 6.07 Å². The van der Waals surface area contributed by atoms with Crippen molar-refractivity contribution < 1.29 is 9.59 Å². The summed E-state index contributed by atoms with van der Waals surface area (Å²) in [6.07, 6.45) is 0.484. The summed E-state index contributed by atoms with van der Waals surface area (Å²) < 4.78 is 0. The maximum atomic E-state index is 11.3. The molecule has 0 atom stereocenters. The number of carbonyl (C=O) groups is 2. The molecule has 1 amide bonds. The van der Waals surface area contributed by atoms with Crippen molar-refractivity contribution in [2.45, 2.75) is 0 Å². The van der Waals surface area contributed by atoms with Gasteiger partial charge in [-0.05, 0) is 0 Å². The Kier molecular flexibility index (Phi) is 3.66. The zero-order valence-electron chi connectivity index (χ0n) is 6.99. The molecule has 0 aliphatic rings. The van der Waals surface area contributed by atoms with Crippen molar-refractivity contribution in [1.82, 2.24) is 10.9 Å². The summed E-state index contributed by atoms with van der Waals surface area (Å²) in [7, 11) is 0. The molecule has 4 nitrogen and oxygen atoms in total. The molecule has 1 rings (SSSR count). The SMILES string of the molecule is O=CNNCC(=O)c1ccccc1. The van der Waals surface area contributed by atoms with Gasteiger partial charge in [-0.25, -0.2) is 5.43 Å². The zero-order valence-corrected chi connectivity index (χ0v) is 6.99. The van der Waals surface area contributed by atoms with E-state index in [0.29, 0.717) is 12.0 Å². The minimum absolute atomic E-state index is 0.0602. The largest absolute Gasteiger partial charge is 0.294 e. The molecule has 4 heteroatoms. The van der Waals surface area contributed by atoms with Crippen LogP contribution in [0.5, 0.6) is 0 Å². The Labute approximate surface area is 75.9 Å². The number of hydrogen-bond donors (Lipinski definition) is 2. The molecule has 0 spiro atoms. The van der Waals surface area contributed by atoms with Crippen molar-refractivity contribution in [1.29, 1.82) is 0 Å². The lowest BCUT2D eigenvalue weighted by atomic mass is 10.1. The molecular formula is C9H10N2O2. The van der Waals surface area contributed by atoms with Gasteiger partial charge in [0.15, 0.2) is 5.78 Å². The van der Waals surface area contributed by atoms with E-state index in [9.17, 15) is 9.59 Å². The number of hydrazine groups is 1. The van der Waals surface area contributed by atoms with Crippen LogP contribution in [0.15, 0.2) is 30.3 Å². The first-order valence-electron chi connectivity index (χ1n) is 3.85. The van der Waals surface area contributed by atoms with Crippen LogP contribution in [0.25, 0.3) is 0 Å². The molecule has 68 valence electrons. The van der Waals surface area contributed by atoms with Crippen LogP contribution in [0.1, 0.15) is 10.4 Å². The van der Waals surface area contributed by atoms with E-state index in [0.717, 1.165) is 0 Å². The number of ketones is 1. The predicted molar refractivity (Wildman–Crippen MR) is 48.0 cm³/mol. The molecule has 1 aromatic carbocycles.